The Morgan fingerprint density at radius 3 is 1.50 bits per heavy atom. The summed E-state index contributed by atoms with van der Waals surface area (Å²) in [6, 6.07) is 23.1. The summed E-state index contributed by atoms with van der Waals surface area (Å²) in [4.78, 5) is 10.9. The monoisotopic (exact) mass is 318 g/mol. The number of carbonyl (C=O) groups is 1. The lowest BCUT2D eigenvalue weighted by Crippen LogP contribution is -1.94. The highest BCUT2D eigenvalue weighted by Crippen LogP contribution is 2.26. The molecule has 0 heterocycles. The van der Waals surface area contributed by atoms with Gasteiger partial charge in [-0.2, -0.15) is 0 Å². The zero-order valence-electron chi connectivity index (χ0n) is 13.4. The molecule has 0 fully saturated rings. The average molecular weight is 318 g/mol. The van der Waals surface area contributed by atoms with Crippen molar-refractivity contribution in [3.63, 3.8) is 0 Å². The Balaban J connectivity index is 1.81. The molecular formula is C21H18O3. The lowest BCUT2D eigenvalue weighted by atomic mass is 9.99. The largest absolute Gasteiger partial charge is 0.494 e. The van der Waals surface area contributed by atoms with E-state index in [0.717, 1.165) is 28.0 Å². The van der Waals surface area contributed by atoms with Crippen molar-refractivity contribution in [1.29, 1.82) is 0 Å². The number of rotatable bonds is 5. The minimum atomic E-state index is -0.910. The molecule has 0 aliphatic heterocycles. The molecule has 3 rings (SSSR count). The molecular weight excluding hydrogens is 300 g/mol. The van der Waals surface area contributed by atoms with Crippen LogP contribution < -0.4 is 4.74 Å². The van der Waals surface area contributed by atoms with Gasteiger partial charge in [-0.25, -0.2) is 4.79 Å². The second-order valence-corrected chi connectivity index (χ2v) is 5.42. The van der Waals surface area contributed by atoms with Gasteiger partial charge in [-0.05, 0) is 53.4 Å². The Bertz CT molecular complexity index is 816. The van der Waals surface area contributed by atoms with Crippen LogP contribution >= 0.6 is 0 Å². The van der Waals surface area contributed by atoms with Gasteiger partial charge in [-0.1, -0.05) is 48.5 Å². The van der Waals surface area contributed by atoms with Gasteiger partial charge in [0.1, 0.15) is 5.75 Å². The molecule has 0 radical (unpaired) electrons. The average Bonchev–Trinajstić information content (AvgIpc) is 2.63. The van der Waals surface area contributed by atoms with Crippen LogP contribution in [0.4, 0.5) is 0 Å². The maximum atomic E-state index is 10.9. The van der Waals surface area contributed by atoms with Crippen LogP contribution in [0.2, 0.25) is 0 Å². The van der Waals surface area contributed by atoms with Crippen LogP contribution in [0.1, 0.15) is 17.3 Å². The predicted octanol–water partition coefficient (Wildman–Crippen LogP) is 5.12. The number of carboxylic acids is 1. The first-order valence-electron chi connectivity index (χ1n) is 7.84. The molecule has 0 atom stereocenters. The van der Waals surface area contributed by atoms with E-state index < -0.39 is 5.97 Å². The van der Waals surface area contributed by atoms with E-state index in [4.69, 9.17) is 9.84 Å². The summed E-state index contributed by atoms with van der Waals surface area (Å²) in [5, 5.41) is 8.95. The van der Waals surface area contributed by atoms with Crippen LogP contribution in [0, 0.1) is 0 Å². The third-order valence-electron chi connectivity index (χ3n) is 3.85. The molecule has 0 spiro atoms. The van der Waals surface area contributed by atoms with E-state index in [0.29, 0.717) is 12.2 Å². The highest BCUT2D eigenvalue weighted by atomic mass is 16.5. The number of carboxylic acid groups (broad SMARTS) is 1. The molecule has 24 heavy (non-hydrogen) atoms. The summed E-state index contributed by atoms with van der Waals surface area (Å²) < 4.78 is 5.46. The van der Waals surface area contributed by atoms with E-state index in [1.807, 2.05) is 55.5 Å². The third kappa shape index (κ3) is 3.46. The van der Waals surface area contributed by atoms with Crippen molar-refractivity contribution < 1.29 is 14.6 Å². The molecule has 0 aliphatic carbocycles. The number of benzene rings is 3. The lowest BCUT2D eigenvalue weighted by Gasteiger charge is -2.07. The minimum Gasteiger partial charge on any atom is -0.494 e. The Labute approximate surface area is 141 Å². The zero-order chi connectivity index (χ0) is 16.9. The number of hydrogen-bond donors (Lipinski definition) is 1. The standard InChI is InChI=1S/C21H18O3/c1-2-24-20-13-11-18(12-14-20)16-5-3-15(4-6-16)17-7-9-19(10-8-17)21(22)23/h3-14H,2H2,1H3,(H,22,23). The van der Waals surface area contributed by atoms with E-state index in [9.17, 15) is 4.79 Å². The van der Waals surface area contributed by atoms with Crippen LogP contribution in [0.3, 0.4) is 0 Å². The van der Waals surface area contributed by atoms with Gasteiger partial charge < -0.3 is 9.84 Å². The molecule has 0 amide bonds. The molecule has 0 saturated carbocycles. The molecule has 3 aromatic carbocycles. The summed E-state index contributed by atoms with van der Waals surface area (Å²) in [5.74, 6) is -0.0382. The lowest BCUT2D eigenvalue weighted by molar-refractivity contribution is 0.0697. The smallest absolute Gasteiger partial charge is 0.335 e. The summed E-state index contributed by atoms with van der Waals surface area (Å²) in [6.07, 6.45) is 0. The Morgan fingerprint density at radius 2 is 1.12 bits per heavy atom. The van der Waals surface area contributed by atoms with Gasteiger partial charge in [0.05, 0.1) is 12.2 Å². The quantitative estimate of drug-likeness (QED) is 0.710. The van der Waals surface area contributed by atoms with Crippen molar-refractivity contribution in [2.45, 2.75) is 6.92 Å². The molecule has 0 aliphatic rings. The maximum Gasteiger partial charge on any atom is 0.335 e. The van der Waals surface area contributed by atoms with Crippen LogP contribution in [-0.2, 0) is 0 Å². The van der Waals surface area contributed by atoms with Crippen LogP contribution in [0.15, 0.2) is 72.8 Å². The van der Waals surface area contributed by atoms with E-state index in [1.165, 1.54) is 0 Å². The topological polar surface area (TPSA) is 46.5 Å². The van der Waals surface area contributed by atoms with Crippen LogP contribution in [-0.4, -0.2) is 17.7 Å². The summed E-state index contributed by atoms with van der Waals surface area (Å²) in [6.45, 7) is 2.63. The van der Waals surface area contributed by atoms with Crippen molar-refractivity contribution in [1.82, 2.24) is 0 Å². The fraction of sp³-hybridized carbons (Fsp3) is 0.0952. The minimum absolute atomic E-state index is 0.296. The van der Waals surface area contributed by atoms with Crippen molar-refractivity contribution in [3.05, 3.63) is 78.4 Å². The van der Waals surface area contributed by atoms with E-state index in [2.05, 4.69) is 12.1 Å². The van der Waals surface area contributed by atoms with Crippen molar-refractivity contribution in [3.8, 4) is 28.0 Å². The molecule has 3 aromatic rings. The first-order valence-corrected chi connectivity index (χ1v) is 7.84. The van der Waals surface area contributed by atoms with Crippen LogP contribution in [0.5, 0.6) is 5.75 Å². The van der Waals surface area contributed by atoms with Crippen LogP contribution in [0.25, 0.3) is 22.3 Å². The van der Waals surface area contributed by atoms with Gasteiger partial charge in [0.2, 0.25) is 0 Å². The zero-order valence-corrected chi connectivity index (χ0v) is 13.4. The SMILES string of the molecule is CCOc1ccc(-c2ccc(-c3ccc(C(=O)O)cc3)cc2)cc1. The Kier molecular flexibility index (Phi) is 4.62. The Morgan fingerprint density at radius 1 is 0.750 bits per heavy atom. The molecule has 0 unspecified atom stereocenters. The van der Waals surface area contributed by atoms with E-state index in [1.54, 1.807) is 12.1 Å². The molecule has 1 N–H and O–H groups in total. The molecule has 0 saturated heterocycles. The van der Waals surface area contributed by atoms with Crippen molar-refractivity contribution in [2.24, 2.45) is 0 Å². The van der Waals surface area contributed by atoms with E-state index >= 15 is 0 Å². The number of aromatic carboxylic acids is 1. The molecule has 3 nitrogen and oxygen atoms in total. The fourth-order valence-electron chi connectivity index (χ4n) is 2.57. The fourth-order valence-corrected chi connectivity index (χ4v) is 2.57. The first kappa shape index (κ1) is 15.8. The van der Waals surface area contributed by atoms with Crippen molar-refractivity contribution in [2.75, 3.05) is 6.61 Å². The second-order valence-electron chi connectivity index (χ2n) is 5.42. The van der Waals surface area contributed by atoms with Gasteiger partial charge in [-0.3, -0.25) is 0 Å². The second kappa shape index (κ2) is 7.01. The summed E-state index contributed by atoms with van der Waals surface area (Å²) in [7, 11) is 0. The molecule has 0 aromatic heterocycles. The normalized spacial score (nSPS) is 10.4. The first-order chi connectivity index (χ1) is 11.7. The van der Waals surface area contributed by atoms with Gasteiger partial charge in [0, 0.05) is 0 Å². The Hall–Kier alpha value is -3.07. The van der Waals surface area contributed by atoms with Crippen molar-refractivity contribution >= 4 is 5.97 Å². The third-order valence-corrected chi connectivity index (χ3v) is 3.85. The number of hydrogen-bond acceptors (Lipinski definition) is 2. The maximum absolute atomic E-state index is 10.9. The van der Waals surface area contributed by atoms with E-state index in [-0.39, 0.29) is 0 Å². The summed E-state index contributed by atoms with van der Waals surface area (Å²) in [5.41, 5.74) is 4.61. The molecule has 0 bridgehead atoms. The molecule has 3 heteroatoms. The predicted molar refractivity (Wildman–Crippen MR) is 95.4 cm³/mol. The van der Waals surface area contributed by atoms with Gasteiger partial charge >= 0.3 is 5.97 Å². The van der Waals surface area contributed by atoms with Gasteiger partial charge in [-0.15, -0.1) is 0 Å². The van der Waals surface area contributed by atoms with Gasteiger partial charge in [0.25, 0.3) is 0 Å². The highest BCUT2D eigenvalue weighted by Gasteiger charge is 2.04. The highest BCUT2D eigenvalue weighted by molar-refractivity contribution is 5.88. The molecule has 120 valence electrons. The summed E-state index contributed by atoms with van der Waals surface area (Å²) >= 11 is 0. The number of ether oxygens (including phenoxy) is 1. The van der Waals surface area contributed by atoms with Gasteiger partial charge in [0.15, 0.2) is 0 Å².